The number of hydrogen-bond acceptors (Lipinski definition) is 10. The first-order valence-corrected chi connectivity index (χ1v) is 19.3. The van der Waals surface area contributed by atoms with Crippen molar-refractivity contribution in [3.05, 3.63) is 90.1 Å². The van der Waals surface area contributed by atoms with E-state index in [1.807, 2.05) is 72.9 Å². The number of carbonyl (C=O) groups excluding carboxylic acids is 2. The molecule has 6 aromatic rings. The lowest BCUT2D eigenvalue weighted by Gasteiger charge is -2.27. The highest BCUT2D eigenvalue weighted by atomic mass is 127. The summed E-state index contributed by atoms with van der Waals surface area (Å²) in [6, 6.07) is 10.6. The lowest BCUT2D eigenvalue weighted by Crippen LogP contribution is -2.36. The van der Waals surface area contributed by atoms with Crippen molar-refractivity contribution in [3.63, 3.8) is 0 Å². The highest BCUT2D eigenvalue weighted by Gasteiger charge is 2.29. The van der Waals surface area contributed by atoms with Crippen molar-refractivity contribution < 1.29 is 27.9 Å². The highest BCUT2D eigenvalue weighted by molar-refractivity contribution is 14.1. The van der Waals surface area contributed by atoms with Crippen molar-refractivity contribution in [3.8, 4) is 0 Å². The Morgan fingerprint density at radius 2 is 1.27 bits per heavy atom. The Bertz CT molecular complexity index is 2150. The van der Waals surface area contributed by atoms with E-state index in [1.54, 1.807) is 53.0 Å². The van der Waals surface area contributed by atoms with Crippen LogP contribution < -0.4 is 9.80 Å². The Kier molecular flexibility index (Phi) is 12.0. The summed E-state index contributed by atoms with van der Waals surface area (Å²) >= 11 is 17.8. The van der Waals surface area contributed by atoms with Gasteiger partial charge in [-0.1, -0.05) is 23.2 Å². The van der Waals surface area contributed by atoms with Crippen molar-refractivity contribution in [1.29, 1.82) is 0 Å². The number of hydrogen-bond donors (Lipinski definition) is 0. The molecule has 0 unspecified atom stereocenters. The largest absolute Gasteiger partial charge is 0.467 e. The third-order valence-corrected chi connectivity index (χ3v) is 11.1. The predicted molar refractivity (Wildman–Crippen MR) is 214 cm³/mol. The zero-order chi connectivity index (χ0) is 37.2. The van der Waals surface area contributed by atoms with Crippen LogP contribution >= 0.6 is 68.5 Å². The van der Waals surface area contributed by atoms with Gasteiger partial charge in [0.25, 0.3) is 0 Å². The number of nitrogens with zero attached hydrogens (tertiary/aromatic N) is 4. The number of aromatic nitrogens is 2. The van der Waals surface area contributed by atoms with E-state index in [9.17, 15) is 9.59 Å². The van der Waals surface area contributed by atoms with Gasteiger partial charge in [-0.2, -0.15) is 0 Å². The molecule has 51 heavy (non-hydrogen) atoms. The van der Waals surface area contributed by atoms with Crippen molar-refractivity contribution in [1.82, 2.24) is 9.97 Å². The molecular weight excluding hydrogens is 846 g/mol. The maximum absolute atomic E-state index is 12.9. The first-order valence-electron chi connectivity index (χ1n) is 15.8. The van der Waals surface area contributed by atoms with Crippen molar-refractivity contribution in [2.45, 2.75) is 79.7 Å². The lowest BCUT2D eigenvalue weighted by molar-refractivity contribution is 0.0565. The summed E-state index contributed by atoms with van der Waals surface area (Å²) < 4.78 is 25.0. The number of rotatable bonds is 6. The van der Waals surface area contributed by atoms with Gasteiger partial charge in [-0.3, -0.25) is 9.80 Å². The van der Waals surface area contributed by atoms with Crippen molar-refractivity contribution >= 4 is 112 Å². The second-order valence-electron chi connectivity index (χ2n) is 13.5. The first-order chi connectivity index (χ1) is 23.9. The molecule has 0 aromatic carbocycles. The number of carbonyl (C=O) groups is 2. The molecule has 0 aliphatic heterocycles. The van der Waals surface area contributed by atoms with Gasteiger partial charge in [0.15, 0.2) is 0 Å². The van der Waals surface area contributed by atoms with Gasteiger partial charge in [0.1, 0.15) is 33.0 Å². The summed E-state index contributed by atoms with van der Waals surface area (Å²) in [6.45, 7) is 15.5. The van der Waals surface area contributed by atoms with Crippen LogP contribution in [0.15, 0.2) is 63.1 Å². The van der Waals surface area contributed by atoms with Crippen LogP contribution in [-0.2, 0) is 22.6 Å². The summed E-state index contributed by atoms with van der Waals surface area (Å²) in [7, 11) is 0. The molecular formula is C36H37Cl2IN4O6S2. The number of fused-ring (bicyclic) bond motifs is 2. The van der Waals surface area contributed by atoms with Crippen molar-refractivity contribution in [2.75, 3.05) is 9.80 Å². The molecule has 10 nitrogen and oxygen atoms in total. The minimum absolute atomic E-state index is 0.241. The van der Waals surface area contributed by atoms with Gasteiger partial charge in [-0.25, -0.2) is 19.6 Å². The van der Waals surface area contributed by atoms with Crippen LogP contribution in [-0.4, -0.2) is 33.4 Å². The fraction of sp³-hybridized carbons (Fsp3) is 0.333. The summed E-state index contributed by atoms with van der Waals surface area (Å²) in [4.78, 5) is 37.7. The van der Waals surface area contributed by atoms with Gasteiger partial charge < -0.3 is 18.3 Å². The fourth-order valence-corrected chi connectivity index (χ4v) is 8.13. The first kappa shape index (κ1) is 38.9. The quantitative estimate of drug-likeness (QED) is 0.120. The molecule has 0 saturated carbocycles. The average molecular weight is 884 g/mol. The van der Waals surface area contributed by atoms with Crippen LogP contribution in [0.5, 0.6) is 0 Å². The number of thiophene rings is 2. The third-order valence-electron chi connectivity index (χ3n) is 7.01. The summed E-state index contributed by atoms with van der Waals surface area (Å²) in [5, 5.41) is 2.66. The van der Waals surface area contributed by atoms with Crippen LogP contribution in [0.3, 0.4) is 0 Å². The second-order valence-corrected chi connectivity index (χ2v) is 18.0. The molecule has 0 spiro atoms. The Morgan fingerprint density at radius 1 is 0.804 bits per heavy atom. The van der Waals surface area contributed by atoms with Crippen LogP contribution in [0.1, 0.15) is 64.2 Å². The molecule has 2 amide bonds. The number of pyridine rings is 2. The molecule has 0 atom stereocenters. The molecule has 6 rings (SSSR count). The zero-order valence-corrected chi connectivity index (χ0v) is 34.6. The van der Waals surface area contributed by atoms with E-state index in [4.69, 9.17) is 41.5 Å². The molecule has 6 aromatic heterocycles. The Morgan fingerprint density at radius 3 is 1.73 bits per heavy atom. The van der Waals surface area contributed by atoms with E-state index in [1.165, 1.54) is 16.2 Å². The molecule has 0 aliphatic carbocycles. The standard InChI is InChI=1S/C18H18ClIN2O3S.C18H19ClN2O3S/c1-10-14-15(26-16(10)20)12(8-13(19)21-14)22(9-11-6-5-7-24-11)17(23)25-18(2,3)4;1-11-10-25-16-13(8-14(19)20-15(11)16)21(9-12-6-5-7-23-12)17(22)24-18(2,3)4/h5-8H,9H2,1-4H3;5-8,10H,9H2,1-4H3. The Balaban J connectivity index is 0.000000198. The number of anilines is 2. The number of halogens is 3. The molecule has 6 heterocycles. The smallest absolute Gasteiger partial charge is 0.415 e. The van der Waals surface area contributed by atoms with E-state index in [0.717, 1.165) is 34.4 Å². The molecule has 0 radical (unpaired) electrons. The summed E-state index contributed by atoms with van der Waals surface area (Å²) in [5.74, 6) is 1.31. The fourth-order valence-electron chi connectivity index (χ4n) is 4.83. The minimum Gasteiger partial charge on any atom is -0.467 e. The normalized spacial score (nSPS) is 11.7. The number of aryl methyl sites for hydroxylation is 2. The van der Waals surface area contributed by atoms with Gasteiger partial charge in [0, 0.05) is 12.1 Å². The molecule has 0 N–H and O–H groups in total. The van der Waals surface area contributed by atoms with E-state index in [2.05, 4.69) is 32.6 Å². The van der Waals surface area contributed by atoms with E-state index in [0.29, 0.717) is 33.2 Å². The summed E-state index contributed by atoms with van der Waals surface area (Å²) in [6.07, 6.45) is 2.24. The molecule has 0 saturated heterocycles. The third kappa shape index (κ3) is 9.74. The monoisotopic (exact) mass is 882 g/mol. The second kappa shape index (κ2) is 15.7. The minimum atomic E-state index is -0.617. The molecule has 0 fully saturated rings. The zero-order valence-electron chi connectivity index (χ0n) is 29.3. The van der Waals surface area contributed by atoms with Gasteiger partial charge in [0.2, 0.25) is 0 Å². The maximum atomic E-state index is 12.9. The maximum Gasteiger partial charge on any atom is 0.415 e. The van der Waals surface area contributed by atoms with Crippen LogP contribution in [0.4, 0.5) is 21.0 Å². The SMILES string of the molecule is Cc1c(I)sc2c(N(Cc3ccco3)C(=O)OC(C)(C)C)cc(Cl)nc12.Cc1csc2c(N(Cc3ccco3)C(=O)OC(C)(C)C)cc(Cl)nc12. The van der Waals surface area contributed by atoms with E-state index in [-0.39, 0.29) is 13.1 Å². The van der Waals surface area contributed by atoms with Gasteiger partial charge in [-0.15, -0.1) is 22.7 Å². The van der Waals surface area contributed by atoms with Gasteiger partial charge in [-0.05, 0) is 119 Å². The highest BCUT2D eigenvalue weighted by Crippen LogP contribution is 2.40. The Hall–Kier alpha value is -3.37. The van der Waals surface area contributed by atoms with Gasteiger partial charge >= 0.3 is 12.2 Å². The molecule has 15 heteroatoms. The Labute approximate surface area is 327 Å². The van der Waals surface area contributed by atoms with Crippen LogP contribution in [0.2, 0.25) is 10.3 Å². The number of furan rings is 2. The van der Waals surface area contributed by atoms with Crippen LogP contribution in [0, 0.1) is 16.7 Å². The molecule has 0 bridgehead atoms. The van der Waals surface area contributed by atoms with E-state index >= 15 is 0 Å². The topological polar surface area (TPSA) is 111 Å². The molecule has 0 aliphatic rings. The summed E-state index contributed by atoms with van der Waals surface area (Å²) in [5.41, 5.74) is 3.77. The average Bonchev–Trinajstić information content (AvgIpc) is 3.84. The van der Waals surface area contributed by atoms with Crippen molar-refractivity contribution in [2.24, 2.45) is 0 Å². The number of amides is 2. The molecule has 270 valence electrons. The number of ether oxygens (including phenoxy) is 2. The van der Waals surface area contributed by atoms with E-state index < -0.39 is 23.4 Å². The van der Waals surface area contributed by atoms with Crippen LogP contribution in [0.25, 0.3) is 20.4 Å². The predicted octanol–water partition coefficient (Wildman–Crippen LogP) is 12.2. The lowest BCUT2D eigenvalue weighted by atomic mass is 10.2. The van der Waals surface area contributed by atoms with Gasteiger partial charge in [0.05, 0.1) is 60.3 Å².